The van der Waals surface area contributed by atoms with Crippen molar-refractivity contribution in [3.63, 3.8) is 0 Å². The van der Waals surface area contributed by atoms with E-state index in [1.54, 1.807) is 0 Å². The Bertz CT molecular complexity index is 757. The average Bonchev–Trinajstić information content (AvgIpc) is 3.50. The van der Waals surface area contributed by atoms with E-state index in [1.165, 1.54) is 25.7 Å². The zero-order chi connectivity index (χ0) is 20.0. The Morgan fingerprint density at radius 3 is 2.48 bits per heavy atom. The molecule has 11 atom stereocenters. The lowest BCUT2D eigenvalue weighted by Gasteiger charge is -2.62. The molecule has 0 amide bonds. The molecule has 0 N–H and O–H groups in total. The maximum atomic E-state index is 6.70. The second-order valence-electron chi connectivity index (χ2n) is 12.7. The first-order valence-corrected chi connectivity index (χ1v) is 11.9. The van der Waals surface area contributed by atoms with E-state index in [0.717, 1.165) is 25.4 Å². The van der Waals surface area contributed by atoms with Gasteiger partial charge < -0.3 is 23.7 Å². The van der Waals surface area contributed by atoms with Gasteiger partial charge >= 0.3 is 0 Å². The highest BCUT2D eigenvalue weighted by Crippen LogP contribution is 2.77. The molecule has 0 aromatic heterocycles. The Balaban J connectivity index is 1.27. The molecule has 2 bridgehead atoms. The predicted octanol–water partition coefficient (Wildman–Crippen LogP) is 4.03. The van der Waals surface area contributed by atoms with Crippen molar-refractivity contribution >= 4 is 0 Å². The molecule has 3 saturated carbocycles. The molecule has 7 rings (SSSR count). The molecule has 4 heterocycles. The molecular weight excluding hydrogens is 368 g/mol. The summed E-state index contributed by atoms with van der Waals surface area (Å²) in [4.78, 5) is 0. The van der Waals surface area contributed by atoms with Gasteiger partial charge in [0.15, 0.2) is 12.6 Å². The molecular formula is C24H36O5. The molecule has 5 heteroatoms. The molecule has 0 aromatic carbocycles. The first kappa shape index (κ1) is 18.4. The molecule has 4 aliphatic heterocycles. The van der Waals surface area contributed by atoms with E-state index >= 15 is 0 Å². The third-order valence-corrected chi connectivity index (χ3v) is 10.3. The lowest BCUT2D eigenvalue weighted by Crippen LogP contribution is -2.69. The standard InChI is InChI=1S/C24H36O5/c1-20(2,3)28-16-7-6-14-13-10-23(12-25-23)24-18-19(27-18)26-17(29-24)11-22(24,5)15(13)8-9-21(14,16)4/h13-19H,6-12H2,1-5H3/t13-,14-,15-,16-,17+,18+,19-,21-,22+,23-,24+/m0/s1. The van der Waals surface area contributed by atoms with E-state index < -0.39 is 0 Å². The second-order valence-corrected chi connectivity index (χ2v) is 12.7. The Kier molecular flexibility index (Phi) is 3.21. The van der Waals surface area contributed by atoms with E-state index in [9.17, 15) is 0 Å². The van der Waals surface area contributed by atoms with Crippen LogP contribution in [0.3, 0.4) is 0 Å². The zero-order valence-corrected chi connectivity index (χ0v) is 18.5. The molecule has 7 fully saturated rings. The summed E-state index contributed by atoms with van der Waals surface area (Å²) in [7, 11) is 0. The van der Waals surface area contributed by atoms with Crippen LogP contribution in [0.25, 0.3) is 0 Å². The van der Waals surface area contributed by atoms with Crippen LogP contribution >= 0.6 is 0 Å². The summed E-state index contributed by atoms with van der Waals surface area (Å²) >= 11 is 0. The number of rotatable bonds is 1. The average molecular weight is 405 g/mol. The summed E-state index contributed by atoms with van der Waals surface area (Å²) in [6.45, 7) is 12.5. The minimum absolute atomic E-state index is 0.0573. The van der Waals surface area contributed by atoms with Gasteiger partial charge in [-0.15, -0.1) is 0 Å². The van der Waals surface area contributed by atoms with Crippen LogP contribution in [0.15, 0.2) is 0 Å². The number of fused-ring (bicyclic) bond motifs is 6. The smallest absolute Gasteiger partial charge is 0.190 e. The minimum Gasteiger partial charge on any atom is -0.372 e. The molecule has 5 nitrogen and oxygen atoms in total. The van der Waals surface area contributed by atoms with E-state index in [1.807, 2.05) is 0 Å². The Hall–Kier alpha value is -0.200. The maximum Gasteiger partial charge on any atom is 0.190 e. The molecule has 29 heavy (non-hydrogen) atoms. The van der Waals surface area contributed by atoms with Crippen molar-refractivity contribution in [2.75, 3.05) is 6.61 Å². The summed E-state index contributed by atoms with van der Waals surface area (Å²) in [6.07, 6.45) is 7.44. The van der Waals surface area contributed by atoms with Crippen molar-refractivity contribution in [3.05, 3.63) is 0 Å². The van der Waals surface area contributed by atoms with Crippen LogP contribution in [-0.2, 0) is 23.7 Å². The third-order valence-electron chi connectivity index (χ3n) is 10.3. The summed E-state index contributed by atoms with van der Waals surface area (Å²) in [6, 6.07) is 0. The number of hydrogen-bond donors (Lipinski definition) is 0. The Labute approximate surface area is 174 Å². The second kappa shape index (κ2) is 5.06. The fourth-order valence-corrected chi connectivity index (χ4v) is 9.19. The number of hydrogen-bond acceptors (Lipinski definition) is 5. The minimum atomic E-state index is -0.289. The molecule has 4 saturated heterocycles. The van der Waals surface area contributed by atoms with Gasteiger partial charge in [0.25, 0.3) is 0 Å². The summed E-state index contributed by atoms with van der Waals surface area (Å²) in [5.74, 6) is 2.09. The molecule has 162 valence electrons. The highest BCUT2D eigenvalue weighted by Gasteiger charge is 2.87. The Morgan fingerprint density at radius 1 is 0.966 bits per heavy atom. The van der Waals surface area contributed by atoms with Crippen LogP contribution in [0, 0.1) is 28.6 Å². The normalized spacial score (nSPS) is 64.2. The predicted molar refractivity (Wildman–Crippen MR) is 105 cm³/mol. The van der Waals surface area contributed by atoms with Gasteiger partial charge in [-0.25, -0.2) is 0 Å². The van der Waals surface area contributed by atoms with Gasteiger partial charge in [0, 0.05) is 11.8 Å². The van der Waals surface area contributed by atoms with Gasteiger partial charge in [0.2, 0.25) is 0 Å². The fourth-order valence-electron chi connectivity index (χ4n) is 9.19. The third kappa shape index (κ3) is 2.02. The van der Waals surface area contributed by atoms with E-state index in [-0.39, 0.29) is 46.3 Å². The van der Waals surface area contributed by atoms with Crippen molar-refractivity contribution in [2.45, 2.75) is 115 Å². The molecule has 3 aliphatic carbocycles. The van der Waals surface area contributed by atoms with E-state index in [0.29, 0.717) is 17.9 Å². The molecule has 2 spiro atoms. The lowest BCUT2D eigenvalue weighted by atomic mass is 9.43. The monoisotopic (exact) mass is 404 g/mol. The van der Waals surface area contributed by atoms with Gasteiger partial charge in [-0.2, -0.15) is 0 Å². The number of epoxide rings is 2. The topological polar surface area (TPSA) is 52.8 Å². The van der Waals surface area contributed by atoms with Crippen molar-refractivity contribution in [1.82, 2.24) is 0 Å². The van der Waals surface area contributed by atoms with Gasteiger partial charge in [-0.3, -0.25) is 0 Å². The van der Waals surface area contributed by atoms with Crippen LogP contribution < -0.4 is 0 Å². The quantitative estimate of drug-likeness (QED) is 0.618. The van der Waals surface area contributed by atoms with Gasteiger partial charge in [-0.1, -0.05) is 13.8 Å². The summed E-state index contributed by atoms with van der Waals surface area (Å²) in [5, 5.41) is 0. The molecule has 0 radical (unpaired) electrons. The first-order chi connectivity index (χ1) is 13.6. The van der Waals surface area contributed by atoms with Crippen molar-refractivity contribution in [1.29, 1.82) is 0 Å². The largest absolute Gasteiger partial charge is 0.372 e. The highest BCUT2D eigenvalue weighted by molar-refractivity contribution is 5.32. The lowest BCUT2D eigenvalue weighted by molar-refractivity contribution is -0.266. The summed E-state index contributed by atoms with van der Waals surface area (Å²) in [5.41, 5.74) is -0.147. The van der Waals surface area contributed by atoms with E-state index in [4.69, 9.17) is 23.7 Å². The van der Waals surface area contributed by atoms with Crippen LogP contribution in [0.2, 0.25) is 0 Å². The van der Waals surface area contributed by atoms with Crippen molar-refractivity contribution < 1.29 is 23.7 Å². The fraction of sp³-hybridized carbons (Fsp3) is 1.00. The van der Waals surface area contributed by atoms with Crippen LogP contribution in [-0.4, -0.2) is 48.2 Å². The van der Waals surface area contributed by atoms with Gasteiger partial charge in [-0.05, 0) is 76.0 Å². The van der Waals surface area contributed by atoms with Crippen LogP contribution in [0.4, 0.5) is 0 Å². The zero-order valence-electron chi connectivity index (χ0n) is 18.5. The highest BCUT2D eigenvalue weighted by atomic mass is 16.9. The van der Waals surface area contributed by atoms with Gasteiger partial charge in [0.1, 0.15) is 17.3 Å². The van der Waals surface area contributed by atoms with Crippen molar-refractivity contribution in [3.8, 4) is 0 Å². The molecule has 0 unspecified atom stereocenters. The van der Waals surface area contributed by atoms with Crippen LogP contribution in [0.1, 0.15) is 73.1 Å². The SMILES string of the molecule is CC(C)(C)O[C@H]1CC[C@H]2[C@@H]3C[C@]4(CO4)[C@]45O[C@H](C[C@]4(C)[C@H]3CC[C@]12C)O[C@H]1O[C@H]15. The maximum absolute atomic E-state index is 6.70. The van der Waals surface area contributed by atoms with E-state index in [2.05, 4.69) is 34.6 Å². The molecule has 0 aromatic rings. The first-order valence-electron chi connectivity index (χ1n) is 11.9. The number of ether oxygens (including phenoxy) is 5. The Morgan fingerprint density at radius 2 is 1.76 bits per heavy atom. The molecule has 7 aliphatic rings. The van der Waals surface area contributed by atoms with Crippen LogP contribution in [0.5, 0.6) is 0 Å². The van der Waals surface area contributed by atoms with Gasteiger partial charge in [0.05, 0.1) is 18.3 Å². The van der Waals surface area contributed by atoms with Crippen molar-refractivity contribution in [2.24, 2.45) is 28.6 Å². The summed E-state index contributed by atoms with van der Waals surface area (Å²) < 4.78 is 31.7.